The minimum absolute atomic E-state index is 0.368. The summed E-state index contributed by atoms with van der Waals surface area (Å²) in [7, 11) is 0. The Labute approximate surface area is 157 Å². The molecule has 2 heterocycles. The Morgan fingerprint density at radius 1 is 1.42 bits per heavy atom. The zero-order valence-corrected chi connectivity index (χ0v) is 16.1. The maximum atomic E-state index is 12.3. The topological polar surface area (TPSA) is 93.1 Å². The first-order chi connectivity index (χ1) is 10.8. The number of carbonyl (C=O) groups is 3. The lowest BCUT2D eigenvalue weighted by atomic mass is 9.88. The summed E-state index contributed by atoms with van der Waals surface area (Å²) >= 11 is 17.8. The fourth-order valence-corrected chi connectivity index (χ4v) is 4.83. The Hall–Kier alpha value is -0.570. The van der Waals surface area contributed by atoms with Gasteiger partial charge in [0.15, 0.2) is 0 Å². The molecule has 7 nitrogen and oxygen atoms in total. The number of carbonyl (C=O) groups excluding carboxylic acids is 2. The van der Waals surface area contributed by atoms with Crippen molar-refractivity contribution >= 4 is 64.6 Å². The van der Waals surface area contributed by atoms with Crippen molar-refractivity contribution in [3.63, 3.8) is 0 Å². The van der Waals surface area contributed by atoms with E-state index in [0.29, 0.717) is 0 Å². The third kappa shape index (κ3) is 3.81. The number of fused-ring (bicyclic) bond motifs is 1. The molecular weight excluding hydrogens is 405 g/mol. The lowest BCUT2D eigenvalue weighted by molar-refractivity contribution is -0.169. The third-order valence-electron chi connectivity index (χ3n) is 3.86. The molecule has 0 aliphatic carbocycles. The molecule has 1 N–H and O–H groups in total. The van der Waals surface area contributed by atoms with Crippen LogP contribution in [-0.4, -0.2) is 60.7 Å². The normalized spacial score (nSPS) is 29.5. The Morgan fingerprint density at radius 2 is 2.00 bits per heavy atom. The summed E-state index contributed by atoms with van der Waals surface area (Å²) in [6.07, 6.45) is -1.85. The summed E-state index contributed by atoms with van der Waals surface area (Å²) in [6, 6.07) is -0.917. The second-order valence-electron chi connectivity index (χ2n) is 6.10. The van der Waals surface area contributed by atoms with Crippen molar-refractivity contribution in [3.8, 4) is 0 Å². The highest BCUT2D eigenvalue weighted by atomic mass is 35.6. The van der Waals surface area contributed by atoms with Gasteiger partial charge in [0.25, 0.3) is 0 Å². The van der Waals surface area contributed by atoms with Gasteiger partial charge in [0.1, 0.15) is 24.7 Å². The maximum Gasteiger partial charge on any atom is 0.508 e. The van der Waals surface area contributed by atoms with Crippen LogP contribution in [-0.2, 0) is 19.1 Å². The first kappa shape index (κ1) is 19.8. The summed E-state index contributed by atoms with van der Waals surface area (Å²) in [4.78, 5) is 36.7. The molecule has 0 aromatic rings. The Morgan fingerprint density at radius 3 is 2.50 bits per heavy atom. The van der Waals surface area contributed by atoms with Gasteiger partial charge in [0, 0.05) is 4.75 Å². The van der Waals surface area contributed by atoms with Gasteiger partial charge in [-0.25, -0.2) is 9.59 Å². The van der Waals surface area contributed by atoms with Crippen LogP contribution in [0.4, 0.5) is 4.79 Å². The standard InChI is InChI=1S/C13H16Cl3NO6S/c1-5(23-11(21)22-4-13(14,15)16)6-8(18)17-7(10(19)20)12(2,3)24-9(6)17/h5-7,9H,4H2,1-3H3,(H,19,20)/t5?,6-,7?,9+/m0/s1. The monoisotopic (exact) mass is 419 g/mol. The number of ether oxygens (including phenoxy) is 2. The van der Waals surface area contributed by atoms with Crippen LogP contribution in [0.15, 0.2) is 0 Å². The van der Waals surface area contributed by atoms with Crippen molar-refractivity contribution < 1.29 is 29.0 Å². The number of carboxylic acids is 1. The van der Waals surface area contributed by atoms with E-state index in [9.17, 15) is 19.5 Å². The first-order valence-corrected chi connectivity index (χ1v) is 8.99. The number of alkyl halides is 3. The molecule has 2 aliphatic heterocycles. The Kier molecular flexibility index (Phi) is 5.45. The summed E-state index contributed by atoms with van der Waals surface area (Å²) in [6.45, 7) is 4.58. The number of nitrogens with zero attached hydrogens (tertiary/aromatic N) is 1. The number of thioether (sulfide) groups is 1. The lowest BCUT2D eigenvalue weighted by Crippen LogP contribution is -2.65. The molecule has 2 aliphatic rings. The van der Waals surface area contributed by atoms with E-state index in [1.54, 1.807) is 13.8 Å². The van der Waals surface area contributed by atoms with Gasteiger partial charge in [-0.15, -0.1) is 11.8 Å². The molecule has 136 valence electrons. The molecular formula is C13H16Cl3NO6S. The highest BCUT2D eigenvalue weighted by Gasteiger charge is 2.65. The van der Waals surface area contributed by atoms with Gasteiger partial charge in [0.2, 0.25) is 9.70 Å². The van der Waals surface area contributed by atoms with Crippen LogP contribution in [0.3, 0.4) is 0 Å². The number of hydrogen-bond acceptors (Lipinski definition) is 6. The fourth-order valence-electron chi connectivity index (χ4n) is 2.87. The minimum Gasteiger partial charge on any atom is -0.480 e. The molecule has 11 heteroatoms. The van der Waals surface area contributed by atoms with Crippen LogP contribution >= 0.6 is 46.6 Å². The van der Waals surface area contributed by atoms with Gasteiger partial charge in [0.05, 0.1) is 5.37 Å². The number of hydrogen-bond donors (Lipinski definition) is 1. The molecule has 2 rings (SSSR count). The number of carboxylic acid groups (broad SMARTS) is 1. The van der Waals surface area contributed by atoms with Gasteiger partial charge in [-0.1, -0.05) is 34.8 Å². The summed E-state index contributed by atoms with van der Waals surface area (Å²) in [5.41, 5.74) is 0. The van der Waals surface area contributed by atoms with Crippen molar-refractivity contribution in [2.24, 2.45) is 5.92 Å². The molecule has 2 fully saturated rings. The summed E-state index contributed by atoms with van der Waals surface area (Å²) < 4.78 is 7.31. The maximum absolute atomic E-state index is 12.3. The SMILES string of the molecule is CC(OC(=O)OCC(Cl)(Cl)Cl)[C@H]1C(=O)N2C(C(=O)O)C(C)(C)S[C@H]12. The highest BCUT2D eigenvalue weighted by molar-refractivity contribution is 8.01. The number of halogens is 3. The van der Waals surface area contributed by atoms with Gasteiger partial charge in [-0.05, 0) is 20.8 Å². The predicted molar refractivity (Wildman–Crippen MR) is 89.4 cm³/mol. The highest BCUT2D eigenvalue weighted by Crippen LogP contribution is 2.54. The fraction of sp³-hybridized carbons (Fsp3) is 0.769. The van der Waals surface area contributed by atoms with Crippen molar-refractivity contribution in [2.75, 3.05) is 6.61 Å². The van der Waals surface area contributed by atoms with Gasteiger partial charge < -0.3 is 19.5 Å². The van der Waals surface area contributed by atoms with Crippen LogP contribution in [0.2, 0.25) is 0 Å². The largest absolute Gasteiger partial charge is 0.508 e. The molecule has 0 bridgehead atoms. The molecule has 0 radical (unpaired) electrons. The number of aliphatic carboxylic acids is 1. The molecule has 2 unspecified atom stereocenters. The van der Waals surface area contributed by atoms with Crippen LogP contribution in [0.5, 0.6) is 0 Å². The molecule has 0 spiro atoms. The second-order valence-corrected chi connectivity index (χ2v) is 10.4. The van der Waals surface area contributed by atoms with Crippen molar-refractivity contribution in [1.29, 1.82) is 0 Å². The Balaban J connectivity index is 1.98. The van der Waals surface area contributed by atoms with E-state index in [4.69, 9.17) is 39.5 Å². The van der Waals surface area contributed by atoms with Crippen molar-refractivity contribution in [1.82, 2.24) is 4.90 Å². The number of β-lactam (4-membered cyclic amide) rings is 1. The molecule has 0 aromatic heterocycles. The molecule has 0 saturated carbocycles. The average Bonchev–Trinajstić information content (AvgIpc) is 2.63. The lowest BCUT2D eigenvalue weighted by Gasteiger charge is -2.45. The molecule has 4 atom stereocenters. The molecule has 0 aromatic carbocycles. The second kappa shape index (κ2) is 6.63. The third-order valence-corrected chi connectivity index (χ3v) is 5.78. The smallest absolute Gasteiger partial charge is 0.480 e. The molecule has 1 amide bonds. The summed E-state index contributed by atoms with van der Waals surface area (Å²) in [5, 5.41) is 8.98. The van der Waals surface area contributed by atoms with E-state index in [2.05, 4.69) is 4.74 Å². The zero-order valence-electron chi connectivity index (χ0n) is 13.0. The van der Waals surface area contributed by atoms with Gasteiger partial charge in [-0.3, -0.25) is 4.79 Å². The summed E-state index contributed by atoms with van der Waals surface area (Å²) in [5.74, 6) is -2.07. The minimum atomic E-state index is -1.76. The van der Waals surface area contributed by atoms with Crippen LogP contribution in [0.25, 0.3) is 0 Å². The van der Waals surface area contributed by atoms with E-state index in [-0.39, 0.29) is 11.3 Å². The van der Waals surface area contributed by atoms with Crippen LogP contribution < -0.4 is 0 Å². The van der Waals surface area contributed by atoms with E-state index in [1.807, 2.05) is 0 Å². The Bertz CT molecular complexity index is 566. The van der Waals surface area contributed by atoms with Crippen LogP contribution in [0, 0.1) is 5.92 Å². The van der Waals surface area contributed by atoms with Crippen molar-refractivity contribution in [2.45, 2.75) is 46.8 Å². The number of amides is 1. The molecule has 24 heavy (non-hydrogen) atoms. The van der Waals surface area contributed by atoms with Crippen LogP contribution in [0.1, 0.15) is 20.8 Å². The quantitative estimate of drug-likeness (QED) is 0.424. The van der Waals surface area contributed by atoms with E-state index >= 15 is 0 Å². The van der Waals surface area contributed by atoms with E-state index in [0.717, 1.165) is 0 Å². The number of rotatable bonds is 4. The zero-order chi connectivity index (χ0) is 18.4. The van der Waals surface area contributed by atoms with Gasteiger partial charge >= 0.3 is 12.1 Å². The predicted octanol–water partition coefficient (Wildman–Crippen LogP) is 2.66. The molecule has 2 saturated heterocycles. The van der Waals surface area contributed by atoms with Crippen molar-refractivity contribution in [3.05, 3.63) is 0 Å². The average molecular weight is 421 g/mol. The van der Waals surface area contributed by atoms with E-state index in [1.165, 1.54) is 23.6 Å². The van der Waals surface area contributed by atoms with E-state index < -0.39 is 45.3 Å². The first-order valence-electron chi connectivity index (χ1n) is 6.98. The van der Waals surface area contributed by atoms with Gasteiger partial charge in [-0.2, -0.15) is 0 Å².